The molecule has 0 aliphatic heterocycles. The fourth-order valence-corrected chi connectivity index (χ4v) is 2.57. The molecule has 0 saturated carbocycles. The number of pyridine rings is 2. The highest BCUT2D eigenvalue weighted by atomic mass is 16.5. The van der Waals surface area contributed by atoms with E-state index in [1.54, 1.807) is 32.0 Å². The van der Waals surface area contributed by atoms with E-state index in [1.165, 1.54) is 0 Å². The van der Waals surface area contributed by atoms with Gasteiger partial charge in [-0.05, 0) is 17.7 Å². The van der Waals surface area contributed by atoms with E-state index in [0.29, 0.717) is 5.88 Å². The van der Waals surface area contributed by atoms with Crippen molar-refractivity contribution in [2.75, 3.05) is 7.11 Å². The molecule has 0 radical (unpaired) electrons. The highest BCUT2D eigenvalue weighted by Gasteiger charge is 2.13. The largest absolute Gasteiger partial charge is 0.481 e. The van der Waals surface area contributed by atoms with Crippen LogP contribution in [0.15, 0.2) is 55.5 Å². The average molecular weight is 291 g/mol. The first kappa shape index (κ1) is 12.6. The van der Waals surface area contributed by atoms with Crippen LogP contribution in [-0.2, 0) is 0 Å². The molecule has 0 unspecified atom stereocenters. The number of rotatable bonds is 3. The number of hydrogen-bond donors (Lipinski definition) is 1. The quantitative estimate of drug-likeness (QED) is 0.630. The third kappa shape index (κ3) is 1.93. The number of imidazole rings is 1. The fourth-order valence-electron chi connectivity index (χ4n) is 2.57. The van der Waals surface area contributed by atoms with Crippen LogP contribution in [0, 0.1) is 0 Å². The smallest absolute Gasteiger partial charge is 0.213 e. The third-order valence-electron chi connectivity index (χ3n) is 3.59. The maximum atomic E-state index is 5.22. The van der Waals surface area contributed by atoms with E-state index < -0.39 is 0 Å². The van der Waals surface area contributed by atoms with E-state index in [2.05, 4.69) is 19.9 Å². The van der Waals surface area contributed by atoms with Crippen molar-refractivity contribution >= 4 is 11.0 Å². The van der Waals surface area contributed by atoms with Gasteiger partial charge in [-0.1, -0.05) is 0 Å². The number of methoxy groups -OCH3 is 1. The van der Waals surface area contributed by atoms with E-state index in [9.17, 15) is 0 Å². The zero-order chi connectivity index (χ0) is 14.9. The Morgan fingerprint density at radius 1 is 1.14 bits per heavy atom. The van der Waals surface area contributed by atoms with Crippen LogP contribution in [0.4, 0.5) is 0 Å². The predicted molar refractivity (Wildman–Crippen MR) is 83.0 cm³/mol. The van der Waals surface area contributed by atoms with Gasteiger partial charge in [-0.25, -0.2) is 15.0 Å². The predicted octanol–water partition coefficient (Wildman–Crippen LogP) is 2.82. The Morgan fingerprint density at radius 2 is 2.05 bits per heavy atom. The summed E-state index contributed by atoms with van der Waals surface area (Å²) in [7, 11) is 1.61. The summed E-state index contributed by atoms with van der Waals surface area (Å²) in [6.07, 6.45) is 10.9. The van der Waals surface area contributed by atoms with E-state index >= 15 is 0 Å². The Hall–Kier alpha value is -3.15. The van der Waals surface area contributed by atoms with Gasteiger partial charge < -0.3 is 14.3 Å². The van der Waals surface area contributed by atoms with Gasteiger partial charge in [0.1, 0.15) is 5.65 Å². The molecule has 4 heterocycles. The van der Waals surface area contributed by atoms with E-state index in [-0.39, 0.29) is 0 Å². The Balaban J connectivity index is 1.99. The van der Waals surface area contributed by atoms with Gasteiger partial charge in [-0.15, -0.1) is 0 Å². The Morgan fingerprint density at radius 3 is 2.86 bits per heavy atom. The van der Waals surface area contributed by atoms with E-state index in [0.717, 1.165) is 27.8 Å². The molecule has 4 aromatic heterocycles. The van der Waals surface area contributed by atoms with Gasteiger partial charge in [0, 0.05) is 42.6 Å². The Labute approximate surface area is 126 Å². The molecule has 0 amide bonds. The molecule has 6 heteroatoms. The molecule has 108 valence electrons. The molecular weight excluding hydrogens is 278 g/mol. The summed E-state index contributed by atoms with van der Waals surface area (Å²) >= 11 is 0. The molecule has 0 bridgehead atoms. The second kappa shape index (κ2) is 5.00. The van der Waals surface area contributed by atoms with Gasteiger partial charge in [0.25, 0.3) is 0 Å². The molecule has 0 aromatic carbocycles. The van der Waals surface area contributed by atoms with Crippen LogP contribution < -0.4 is 4.74 Å². The van der Waals surface area contributed by atoms with Crippen LogP contribution in [0.1, 0.15) is 0 Å². The summed E-state index contributed by atoms with van der Waals surface area (Å²) < 4.78 is 7.19. The fraction of sp³-hybridized carbons (Fsp3) is 0.0625. The van der Waals surface area contributed by atoms with Crippen LogP contribution in [-0.4, -0.2) is 31.6 Å². The first-order valence-electron chi connectivity index (χ1n) is 6.81. The van der Waals surface area contributed by atoms with Gasteiger partial charge >= 0.3 is 0 Å². The van der Waals surface area contributed by atoms with Crippen molar-refractivity contribution in [2.24, 2.45) is 0 Å². The number of H-pyrrole nitrogens is 1. The van der Waals surface area contributed by atoms with Crippen molar-refractivity contribution in [3.63, 3.8) is 0 Å². The highest BCUT2D eigenvalue weighted by molar-refractivity contribution is 5.99. The normalized spacial score (nSPS) is 11.0. The third-order valence-corrected chi connectivity index (χ3v) is 3.59. The molecule has 0 spiro atoms. The number of aromatic nitrogens is 5. The minimum atomic E-state index is 0.583. The monoisotopic (exact) mass is 291 g/mol. The van der Waals surface area contributed by atoms with Crippen molar-refractivity contribution in [3.05, 3.63) is 55.5 Å². The molecule has 4 aromatic rings. The molecule has 0 aliphatic rings. The molecule has 22 heavy (non-hydrogen) atoms. The van der Waals surface area contributed by atoms with Crippen LogP contribution in [0.5, 0.6) is 5.88 Å². The molecule has 0 fully saturated rings. The molecule has 0 saturated heterocycles. The molecule has 4 rings (SSSR count). The molecule has 6 nitrogen and oxygen atoms in total. The van der Waals surface area contributed by atoms with Crippen molar-refractivity contribution < 1.29 is 4.74 Å². The number of ether oxygens (including phenoxy) is 1. The zero-order valence-electron chi connectivity index (χ0n) is 11.9. The second-order valence-corrected chi connectivity index (χ2v) is 4.81. The maximum Gasteiger partial charge on any atom is 0.213 e. The topological polar surface area (TPSA) is 68.6 Å². The zero-order valence-corrected chi connectivity index (χ0v) is 11.9. The summed E-state index contributed by atoms with van der Waals surface area (Å²) in [5, 5.41) is 1.04. The van der Waals surface area contributed by atoms with Crippen LogP contribution in [0.3, 0.4) is 0 Å². The maximum absolute atomic E-state index is 5.22. The SMILES string of the molecule is COc1cc(-c2c[nH]c3nccc(-n4ccnc4)c23)ccn1. The van der Waals surface area contributed by atoms with Crippen molar-refractivity contribution in [3.8, 4) is 22.7 Å². The summed E-state index contributed by atoms with van der Waals surface area (Å²) in [5.74, 6) is 0.583. The highest BCUT2D eigenvalue weighted by Crippen LogP contribution is 2.32. The Kier molecular flexibility index (Phi) is 2.86. The van der Waals surface area contributed by atoms with Crippen molar-refractivity contribution in [1.82, 2.24) is 24.5 Å². The van der Waals surface area contributed by atoms with E-state index in [4.69, 9.17) is 4.74 Å². The average Bonchev–Trinajstić information content (AvgIpc) is 3.24. The summed E-state index contributed by atoms with van der Waals surface area (Å²) in [4.78, 5) is 15.9. The summed E-state index contributed by atoms with van der Waals surface area (Å²) in [6.45, 7) is 0. The number of hydrogen-bond acceptors (Lipinski definition) is 4. The van der Waals surface area contributed by atoms with Gasteiger partial charge in [0.2, 0.25) is 5.88 Å². The Bertz CT molecular complexity index is 927. The van der Waals surface area contributed by atoms with Gasteiger partial charge in [0.15, 0.2) is 0 Å². The van der Waals surface area contributed by atoms with E-state index in [1.807, 2.05) is 35.2 Å². The minimum absolute atomic E-state index is 0.583. The first-order chi connectivity index (χ1) is 10.9. The minimum Gasteiger partial charge on any atom is -0.481 e. The lowest BCUT2D eigenvalue weighted by molar-refractivity contribution is 0.398. The lowest BCUT2D eigenvalue weighted by Gasteiger charge is -2.07. The molecular formula is C16H13N5O. The van der Waals surface area contributed by atoms with Crippen molar-refractivity contribution in [1.29, 1.82) is 0 Å². The molecule has 0 atom stereocenters. The summed E-state index contributed by atoms with van der Waals surface area (Å²) in [5.41, 5.74) is 3.92. The van der Waals surface area contributed by atoms with Crippen LogP contribution in [0.2, 0.25) is 0 Å². The number of nitrogens with zero attached hydrogens (tertiary/aromatic N) is 4. The number of nitrogens with one attached hydrogen (secondary N) is 1. The van der Waals surface area contributed by atoms with Gasteiger partial charge in [-0.3, -0.25) is 0 Å². The number of aromatic amines is 1. The standard InChI is InChI=1S/C16H13N5O/c1-22-14-8-11(2-4-18-14)12-9-20-16-15(12)13(3-5-19-16)21-7-6-17-10-21/h2-10H,1H3,(H,19,20). The van der Waals surface area contributed by atoms with Crippen molar-refractivity contribution in [2.45, 2.75) is 0 Å². The first-order valence-corrected chi connectivity index (χ1v) is 6.81. The lowest BCUT2D eigenvalue weighted by atomic mass is 10.1. The van der Waals surface area contributed by atoms with Gasteiger partial charge in [-0.2, -0.15) is 0 Å². The summed E-state index contributed by atoms with van der Waals surface area (Å²) in [6, 6.07) is 5.84. The molecule has 0 aliphatic carbocycles. The second-order valence-electron chi connectivity index (χ2n) is 4.81. The van der Waals surface area contributed by atoms with Gasteiger partial charge in [0.05, 0.1) is 24.5 Å². The lowest BCUT2D eigenvalue weighted by Crippen LogP contribution is -1.93. The van der Waals surface area contributed by atoms with Crippen LogP contribution in [0.25, 0.3) is 27.8 Å². The number of fused-ring (bicyclic) bond motifs is 1. The van der Waals surface area contributed by atoms with Crippen LogP contribution >= 0.6 is 0 Å². The molecule has 1 N–H and O–H groups in total.